The first kappa shape index (κ1) is 12.4. The molecular formula is C12H15NO3. The Kier molecular flexibility index (Phi) is 4.64. The molecule has 0 spiro atoms. The van der Waals surface area contributed by atoms with Gasteiger partial charge in [-0.3, -0.25) is 0 Å². The number of carbonyl (C=O) groups excluding carboxylic acids is 1. The molecule has 1 aliphatic rings. The van der Waals surface area contributed by atoms with E-state index in [0.29, 0.717) is 18.2 Å². The monoisotopic (exact) mass is 221 g/mol. The Bertz CT molecular complexity index is 351. The number of nitroso groups, excluding NO2 is 1. The number of nitrogens with zero attached hydrogens (tertiary/aromatic N) is 1. The van der Waals surface area contributed by atoms with Crippen LogP contribution in [0, 0.1) is 10.8 Å². The van der Waals surface area contributed by atoms with Crippen molar-refractivity contribution in [2.75, 3.05) is 6.61 Å². The highest BCUT2D eigenvalue weighted by Gasteiger charge is 2.26. The van der Waals surface area contributed by atoms with Crippen molar-refractivity contribution >= 4 is 5.97 Å². The molecule has 4 nitrogen and oxygen atoms in total. The highest BCUT2D eigenvalue weighted by Crippen LogP contribution is 2.36. The summed E-state index contributed by atoms with van der Waals surface area (Å²) in [7, 11) is 0. The summed E-state index contributed by atoms with van der Waals surface area (Å²) in [6.07, 6.45) is 6.78. The molecule has 16 heavy (non-hydrogen) atoms. The number of esters is 1. The summed E-state index contributed by atoms with van der Waals surface area (Å²) in [5, 5.41) is 2.94. The second-order valence-electron chi connectivity index (χ2n) is 3.56. The molecule has 1 rings (SSSR count). The zero-order valence-electron chi connectivity index (χ0n) is 9.31. The van der Waals surface area contributed by atoms with Gasteiger partial charge in [0.2, 0.25) is 0 Å². The van der Waals surface area contributed by atoms with Crippen molar-refractivity contribution in [3.05, 3.63) is 41.0 Å². The van der Waals surface area contributed by atoms with Gasteiger partial charge >= 0.3 is 5.97 Å². The van der Waals surface area contributed by atoms with E-state index in [1.807, 2.05) is 0 Å². The van der Waals surface area contributed by atoms with Crippen molar-refractivity contribution in [3.63, 3.8) is 0 Å². The van der Waals surface area contributed by atoms with Gasteiger partial charge in [-0.2, -0.15) is 0 Å². The second-order valence-corrected chi connectivity index (χ2v) is 3.56. The van der Waals surface area contributed by atoms with E-state index in [0.717, 1.165) is 12.8 Å². The molecule has 0 saturated heterocycles. The number of hydrogen-bond donors (Lipinski definition) is 0. The van der Waals surface area contributed by atoms with E-state index >= 15 is 0 Å². The lowest BCUT2D eigenvalue weighted by atomic mass is 10.2. The van der Waals surface area contributed by atoms with Crippen LogP contribution in [-0.2, 0) is 9.53 Å². The van der Waals surface area contributed by atoms with E-state index in [9.17, 15) is 9.70 Å². The third-order valence-corrected chi connectivity index (χ3v) is 2.20. The number of allylic oxidation sites excluding steroid dienone is 3. The van der Waals surface area contributed by atoms with E-state index in [-0.39, 0.29) is 5.57 Å². The standard InChI is InChI=1S/C12H15NO3/c1-3-16-12(14)9(2)5-4-6-11(13-15)10-7-8-10/h4-6,10H,2-3,7-8H2,1H3/b5-4-,11-6-. The van der Waals surface area contributed by atoms with Crippen LogP contribution in [0.4, 0.5) is 0 Å². The van der Waals surface area contributed by atoms with Crippen molar-refractivity contribution in [3.8, 4) is 0 Å². The van der Waals surface area contributed by atoms with Crippen LogP contribution in [0.3, 0.4) is 0 Å². The predicted octanol–water partition coefficient (Wildman–Crippen LogP) is 2.72. The average molecular weight is 221 g/mol. The fraction of sp³-hybridized carbons (Fsp3) is 0.417. The first-order chi connectivity index (χ1) is 7.69. The average Bonchev–Trinajstić information content (AvgIpc) is 3.08. The topological polar surface area (TPSA) is 55.7 Å². The van der Waals surface area contributed by atoms with Gasteiger partial charge in [0, 0.05) is 5.92 Å². The lowest BCUT2D eigenvalue weighted by Gasteiger charge is -1.98. The number of hydrogen-bond acceptors (Lipinski definition) is 4. The van der Waals surface area contributed by atoms with Gasteiger partial charge in [-0.15, -0.1) is 4.91 Å². The summed E-state index contributed by atoms with van der Waals surface area (Å²) in [5.41, 5.74) is 0.798. The second kappa shape index (κ2) is 6.00. The minimum absolute atomic E-state index is 0.263. The van der Waals surface area contributed by atoms with Crippen LogP contribution in [0.5, 0.6) is 0 Å². The third kappa shape index (κ3) is 3.81. The molecule has 1 aliphatic carbocycles. The molecule has 1 fully saturated rings. The minimum atomic E-state index is -0.445. The fourth-order valence-corrected chi connectivity index (χ4v) is 1.17. The molecule has 0 aromatic heterocycles. The molecule has 0 N–H and O–H groups in total. The molecule has 0 amide bonds. The Balaban J connectivity index is 2.49. The van der Waals surface area contributed by atoms with Gasteiger partial charge in [0.15, 0.2) is 0 Å². The molecule has 86 valence electrons. The minimum Gasteiger partial charge on any atom is -0.462 e. The molecule has 0 aromatic carbocycles. The fourth-order valence-electron chi connectivity index (χ4n) is 1.17. The van der Waals surface area contributed by atoms with E-state index in [4.69, 9.17) is 4.74 Å². The molecule has 0 aliphatic heterocycles. The molecular weight excluding hydrogens is 206 g/mol. The third-order valence-electron chi connectivity index (χ3n) is 2.20. The molecule has 0 heterocycles. The summed E-state index contributed by atoms with van der Waals surface area (Å²) in [5.74, 6) is -0.141. The van der Waals surface area contributed by atoms with Crippen LogP contribution in [0.1, 0.15) is 19.8 Å². The first-order valence-corrected chi connectivity index (χ1v) is 5.26. The lowest BCUT2D eigenvalue weighted by molar-refractivity contribution is -0.138. The molecule has 0 unspecified atom stereocenters. The molecule has 0 bridgehead atoms. The van der Waals surface area contributed by atoms with Crippen LogP contribution in [0.2, 0.25) is 0 Å². The Morgan fingerprint density at radius 2 is 2.25 bits per heavy atom. The van der Waals surface area contributed by atoms with Gasteiger partial charge in [0.25, 0.3) is 0 Å². The zero-order valence-corrected chi connectivity index (χ0v) is 9.31. The van der Waals surface area contributed by atoms with Crippen LogP contribution in [0.15, 0.2) is 41.3 Å². The largest absolute Gasteiger partial charge is 0.462 e. The van der Waals surface area contributed by atoms with E-state index < -0.39 is 5.97 Å². The van der Waals surface area contributed by atoms with E-state index in [1.165, 1.54) is 6.08 Å². The van der Waals surface area contributed by atoms with Crippen LogP contribution < -0.4 is 0 Å². The van der Waals surface area contributed by atoms with Crippen LogP contribution in [0.25, 0.3) is 0 Å². The SMILES string of the molecule is C=C(/C=C\C=C(/N=O)C1CC1)C(=O)OCC. The number of rotatable bonds is 6. The van der Waals surface area contributed by atoms with Crippen molar-refractivity contribution in [1.29, 1.82) is 0 Å². The van der Waals surface area contributed by atoms with Crippen LogP contribution >= 0.6 is 0 Å². The smallest absolute Gasteiger partial charge is 0.337 e. The highest BCUT2D eigenvalue weighted by atomic mass is 16.5. The number of carbonyl (C=O) groups is 1. The highest BCUT2D eigenvalue weighted by molar-refractivity contribution is 5.90. The van der Waals surface area contributed by atoms with E-state index in [2.05, 4.69) is 11.8 Å². The molecule has 0 radical (unpaired) electrons. The summed E-state index contributed by atoms with van der Waals surface area (Å²) >= 11 is 0. The molecule has 0 atom stereocenters. The predicted molar refractivity (Wildman–Crippen MR) is 61.5 cm³/mol. The van der Waals surface area contributed by atoms with Crippen LogP contribution in [-0.4, -0.2) is 12.6 Å². The van der Waals surface area contributed by atoms with Gasteiger partial charge in [-0.05, 0) is 37.1 Å². The van der Waals surface area contributed by atoms with E-state index in [1.54, 1.807) is 19.1 Å². The van der Waals surface area contributed by atoms with Gasteiger partial charge in [-0.25, -0.2) is 4.79 Å². The Morgan fingerprint density at radius 3 is 2.75 bits per heavy atom. The van der Waals surface area contributed by atoms with Gasteiger partial charge in [0.1, 0.15) is 0 Å². The first-order valence-electron chi connectivity index (χ1n) is 5.26. The molecule has 4 heteroatoms. The summed E-state index contributed by atoms with van der Waals surface area (Å²) in [4.78, 5) is 21.6. The van der Waals surface area contributed by atoms with Crippen molar-refractivity contribution in [1.82, 2.24) is 0 Å². The molecule has 0 aromatic rings. The van der Waals surface area contributed by atoms with Gasteiger partial charge < -0.3 is 4.74 Å². The van der Waals surface area contributed by atoms with Gasteiger partial charge in [-0.1, -0.05) is 12.7 Å². The maximum absolute atomic E-state index is 11.2. The summed E-state index contributed by atoms with van der Waals surface area (Å²) in [6.45, 7) is 5.61. The maximum atomic E-state index is 11.2. The van der Waals surface area contributed by atoms with Gasteiger partial charge in [0.05, 0.1) is 17.9 Å². The normalized spacial score (nSPS) is 16.2. The summed E-state index contributed by atoms with van der Waals surface area (Å²) in [6, 6.07) is 0. The molecule has 1 saturated carbocycles. The number of ether oxygens (including phenoxy) is 1. The quantitative estimate of drug-likeness (QED) is 0.300. The maximum Gasteiger partial charge on any atom is 0.337 e. The van der Waals surface area contributed by atoms with Crippen molar-refractivity contribution in [2.45, 2.75) is 19.8 Å². The Morgan fingerprint density at radius 1 is 1.56 bits per heavy atom. The Hall–Kier alpha value is -1.71. The lowest BCUT2D eigenvalue weighted by Crippen LogP contribution is -2.04. The van der Waals surface area contributed by atoms with Crippen molar-refractivity contribution < 1.29 is 9.53 Å². The Labute approximate surface area is 94.6 Å². The summed E-state index contributed by atoms with van der Waals surface area (Å²) < 4.78 is 4.75. The zero-order chi connectivity index (χ0) is 12.0. The van der Waals surface area contributed by atoms with Crippen molar-refractivity contribution in [2.24, 2.45) is 11.1 Å².